The van der Waals surface area contributed by atoms with Gasteiger partial charge in [-0.3, -0.25) is 4.79 Å². The minimum atomic E-state index is -0.496. The van der Waals surface area contributed by atoms with E-state index in [1.54, 1.807) is 17.3 Å². The molecule has 4 rings (SSSR count). The molecular formula is C20H23N3O2. The SMILES string of the molecule is O=C(c1cnc(C2CC2)nc1)N1CC[C@H](Cc2ccccc2)[C@@H](O)C1. The average Bonchev–Trinajstić information content (AvgIpc) is 3.49. The van der Waals surface area contributed by atoms with Crippen molar-refractivity contribution in [3.63, 3.8) is 0 Å². The molecule has 2 heterocycles. The lowest BCUT2D eigenvalue weighted by molar-refractivity contribution is 0.0197. The van der Waals surface area contributed by atoms with E-state index in [0.717, 1.165) is 31.5 Å². The third kappa shape index (κ3) is 3.71. The molecule has 2 atom stereocenters. The van der Waals surface area contributed by atoms with Gasteiger partial charge in [0.05, 0.1) is 11.7 Å². The summed E-state index contributed by atoms with van der Waals surface area (Å²) in [4.78, 5) is 23.0. The average molecular weight is 337 g/mol. The van der Waals surface area contributed by atoms with Crippen LogP contribution in [0.2, 0.25) is 0 Å². The maximum atomic E-state index is 12.6. The van der Waals surface area contributed by atoms with E-state index >= 15 is 0 Å². The first-order valence-corrected chi connectivity index (χ1v) is 9.04. The van der Waals surface area contributed by atoms with Crippen LogP contribution < -0.4 is 0 Å². The van der Waals surface area contributed by atoms with Gasteiger partial charge in [-0.25, -0.2) is 9.97 Å². The highest BCUT2D eigenvalue weighted by Crippen LogP contribution is 2.37. The predicted molar refractivity (Wildman–Crippen MR) is 94.2 cm³/mol. The van der Waals surface area contributed by atoms with Crippen LogP contribution in [0.4, 0.5) is 0 Å². The Balaban J connectivity index is 1.37. The number of aliphatic hydroxyl groups excluding tert-OH is 1. The van der Waals surface area contributed by atoms with E-state index in [0.29, 0.717) is 24.6 Å². The second-order valence-electron chi connectivity index (χ2n) is 7.16. The number of aliphatic hydroxyl groups is 1. The largest absolute Gasteiger partial charge is 0.391 e. The molecule has 1 aliphatic carbocycles. The van der Waals surface area contributed by atoms with Gasteiger partial charge in [0.2, 0.25) is 0 Å². The predicted octanol–water partition coefficient (Wildman–Crippen LogP) is 2.42. The summed E-state index contributed by atoms with van der Waals surface area (Å²) in [6.07, 6.45) is 6.72. The Labute approximate surface area is 147 Å². The first kappa shape index (κ1) is 16.2. The molecule has 1 aromatic heterocycles. The highest BCUT2D eigenvalue weighted by atomic mass is 16.3. The summed E-state index contributed by atoms with van der Waals surface area (Å²) in [5, 5.41) is 10.5. The van der Waals surface area contributed by atoms with Gasteiger partial charge in [-0.15, -0.1) is 0 Å². The Kier molecular flexibility index (Phi) is 4.49. The number of rotatable bonds is 4. The number of hydrogen-bond acceptors (Lipinski definition) is 4. The molecule has 0 unspecified atom stereocenters. The summed E-state index contributed by atoms with van der Waals surface area (Å²) in [5.41, 5.74) is 1.74. The quantitative estimate of drug-likeness (QED) is 0.930. The van der Waals surface area contributed by atoms with Crippen molar-refractivity contribution >= 4 is 5.91 Å². The van der Waals surface area contributed by atoms with Crippen LogP contribution in [0.15, 0.2) is 42.7 Å². The maximum absolute atomic E-state index is 12.6. The van der Waals surface area contributed by atoms with Crippen LogP contribution in [0.3, 0.4) is 0 Å². The van der Waals surface area contributed by atoms with Crippen LogP contribution >= 0.6 is 0 Å². The molecule has 1 N–H and O–H groups in total. The van der Waals surface area contributed by atoms with Gasteiger partial charge in [0.15, 0.2) is 0 Å². The fourth-order valence-corrected chi connectivity index (χ4v) is 3.50. The van der Waals surface area contributed by atoms with Crippen molar-refractivity contribution in [2.45, 2.75) is 37.7 Å². The lowest BCUT2D eigenvalue weighted by atomic mass is 9.87. The zero-order valence-electron chi connectivity index (χ0n) is 14.2. The maximum Gasteiger partial charge on any atom is 0.257 e. The van der Waals surface area contributed by atoms with Gasteiger partial charge in [-0.1, -0.05) is 30.3 Å². The molecule has 25 heavy (non-hydrogen) atoms. The Bertz CT molecular complexity index is 728. The van der Waals surface area contributed by atoms with Crippen molar-refractivity contribution in [2.75, 3.05) is 13.1 Å². The Morgan fingerprint density at radius 1 is 1.12 bits per heavy atom. The highest BCUT2D eigenvalue weighted by Gasteiger charge is 2.31. The summed E-state index contributed by atoms with van der Waals surface area (Å²) in [7, 11) is 0. The molecule has 5 nitrogen and oxygen atoms in total. The van der Waals surface area contributed by atoms with Crippen molar-refractivity contribution < 1.29 is 9.90 Å². The topological polar surface area (TPSA) is 66.3 Å². The summed E-state index contributed by atoms with van der Waals surface area (Å²) < 4.78 is 0. The van der Waals surface area contributed by atoms with E-state index in [1.165, 1.54) is 5.56 Å². The molecule has 1 saturated carbocycles. The van der Waals surface area contributed by atoms with E-state index in [-0.39, 0.29) is 11.8 Å². The van der Waals surface area contributed by atoms with Gasteiger partial charge in [0.25, 0.3) is 5.91 Å². The van der Waals surface area contributed by atoms with Gasteiger partial charge in [0, 0.05) is 31.4 Å². The van der Waals surface area contributed by atoms with Gasteiger partial charge < -0.3 is 10.0 Å². The lowest BCUT2D eigenvalue weighted by Gasteiger charge is -2.36. The number of β-amino-alcohol motifs (C(OH)–C–C–N with tert-alkyl or cyclic N) is 1. The summed E-state index contributed by atoms with van der Waals surface area (Å²) in [5.74, 6) is 1.44. The van der Waals surface area contributed by atoms with Crippen molar-refractivity contribution in [1.29, 1.82) is 0 Å². The molecule has 2 aromatic rings. The number of nitrogens with zero attached hydrogens (tertiary/aromatic N) is 3. The minimum absolute atomic E-state index is 0.0837. The first-order chi connectivity index (χ1) is 12.2. The van der Waals surface area contributed by atoms with Crippen LogP contribution in [0.5, 0.6) is 0 Å². The summed E-state index contributed by atoms with van der Waals surface area (Å²) in [6, 6.07) is 10.2. The fraction of sp³-hybridized carbons (Fsp3) is 0.450. The Morgan fingerprint density at radius 2 is 1.84 bits per heavy atom. The number of carbonyl (C=O) groups excluding carboxylic acids is 1. The van der Waals surface area contributed by atoms with E-state index in [1.807, 2.05) is 18.2 Å². The number of aromatic nitrogens is 2. The zero-order chi connectivity index (χ0) is 17.2. The van der Waals surface area contributed by atoms with E-state index < -0.39 is 6.10 Å². The number of benzene rings is 1. The van der Waals surface area contributed by atoms with Crippen LogP contribution in [-0.4, -0.2) is 45.1 Å². The molecule has 0 bridgehead atoms. The number of likely N-dealkylation sites (tertiary alicyclic amines) is 1. The Morgan fingerprint density at radius 3 is 2.48 bits per heavy atom. The normalized spacial score (nSPS) is 23.5. The lowest BCUT2D eigenvalue weighted by Crippen LogP contribution is -2.47. The van der Waals surface area contributed by atoms with E-state index in [2.05, 4.69) is 22.1 Å². The van der Waals surface area contributed by atoms with Gasteiger partial charge >= 0.3 is 0 Å². The third-order valence-corrected chi connectivity index (χ3v) is 5.21. The van der Waals surface area contributed by atoms with Crippen LogP contribution in [0.1, 0.15) is 46.9 Å². The van der Waals surface area contributed by atoms with Crippen LogP contribution in [-0.2, 0) is 6.42 Å². The molecule has 1 aliphatic heterocycles. The molecule has 1 aromatic carbocycles. The number of piperidine rings is 1. The second kappa shape index (κ2) is 6.92. The van der Waals surface area contributed by atoms with Gasteiger partial charge in [0.1, 0.15) is 5.82 Å². The molecular weight excluding hydrogens is 314 g/mol. The van der Waals surface area contributed by atoms with Crippen LogP contribution in [0.25, 0.3) is 0 Å². The molecule has 0 spiro atoms. The van der Waals surface area contributed by atoms with Crippen molar-refractivity contribution in [1.82, 2.24) is 14.9 Å². The summed E-state index contributed by atoms with van der Waals surface area (Å²) >= 11 is 0. The van der Waals surface area contributed by atoms with Crippen molar-refractivity contribution in [3.8, 4) is 0 Å². The Hall–Kier alpha value is -2.27. The first-order valence-electron chi connectivity index (χ1n) is 9.04. The van der Waals surface area contributed by atoms with E-state index in [9.17, 15) is 9.90 Å². The molecule has 2 aliphatic rings. The number of carbonyl (C=O) groups is 1. The number of amides is 1. The van der Waals surface area contributed by atoms with Crippen molar-refractivity contribution in [2.24, 2.45) is 5.92 Å². The summed E-state index contributed by atoms with van der Waals surface area (Å²) in [6.45, 7) is 1.04. The third-order valence-electron chi connectivity index (χ3n) is 5.21. The van der Waals surface area contributed by atoms with Gasteiger partial charge in [-0.2, -0.15) is 0 Å². The fourth-order valence-electron chi connectivity index (χ4n) is 3.50. The van der Waals surface area contributed by atoms with Crippen molar-refractivity contribution in [3.05, 3.63) is 59.7 Å². The molecule has 0 radical (unpaired) electrons. The molecule has 130 valence electrons. The van der Waals surface area contributed by atoms with Gasteiger partial charge in [-0.05, 0) is 37.2 Å². The zero-order valence-corrected chi connectivity index (χ0v) is 14.2. The molecule has 1 amide bonds. The minimum Gasteiger partial charge on any atom is -0.391 e. The molecule has 2 fully saturated rings. The highest BCUT2D eigenvalue weighted by molar-refractivity contribution is 5.93. The standard InChI is InChI=1S/C20H23N3O2/c24-18-13-23(9-8-16(18)10-14-4-2-1-3-5-14)20(25)17-11-21-19(22-12-17)15-6-7-15/h1-5,11-12,15-16,18,24H,6-10,13H2/t16-,18+/m1/s1. The van der Waals surface area contributed by atoms with Crippen LogP contribution in [0, 0.1) is 5.92 Å². The number of hydrogen-bond donors (Lipinski definition) is 1. The monoisotopic (exact) mass is 337 g/mol. The van der Waals surface area contributed by atoms with E-state index in [4.69, 9.17) is 0 Å². The second-order valence-corrected chi connectivity index (χ2v) is 7.16. The molecule has 5 heteroatoms. The molecule has 1 saturated heterocycles. The smallest absolute Gasteiger partial charge is 0.257 e.